The molecule has 164 valence electrons. The van der Waals surface area contributed by atoms with Gasteiger partial charge in [-0.05, 0) is 29.1 Å². The molecular formula is C22H20N4O6. The Morgan fingerprint density at radius 1 is 1.03 bits per heavy atom. The summed E-state index contributed by atoms with van der Waals surface area (Å²) in [5.74, 6) is -1.79. The van der Waals surface area contributed by atoms with E-state index >= 15 is 0 Å². The summed E-state index contributed by atoms with van der Waals surface area (Å²) in [6.07, 6.45) is -3.14. The number of carbonyl (C=O) groups is 3. The first kappa shape index (κ1) is 20.9. The highest BCUT2D eigenvalue weighted by atomic mass is 16.4. The lowest BCUT2D eigenvalue weighted by atomic mass is 9.82. The van der Waals surface area contributed by atoms with E-state index < -0.39 is 41.2 Å². The third-order valence-corrected chi connectivity index (χ3v) is 5.54. The highest BCUT2D eigenvalue weighted by molar-refractivity contribution is 6.14. The number of hydrogen-bond donors (Lipinski definition) is 5. The first-order chi connectivity index (χ1) is 15.2. The first-order valence-electron chi connectivity index (χ1n) is 9.56. The number of imide groups is 1. The second-order valence-corrected chi connectivity index (χ2v) is 7.44. The topological polar surface area (TPSA) is 156 Å². The van der Waals surface area contributed by atoms with Crippen molar-refractivity contribution < 1.29 is 29.7 Å². The molecule has 2 unspecified atom stereocenters. The van der Waals surface area contributed by atoms with E-state index in [9.17, 15) is 29.7 Å². The Bertz CT molecular complexity index is 1240. The Morgan fingerprint density at radius 2 is 1.66 bits per heavy atom. The number of carbonyl (C=O) groups excluding carboxylic acids is 2. The SMILES string of the molecule is CN1C(=O)N(c2cccc3ccccc23)C(N)C(NC(=O)O)(c2cc(O)cc(O)c2)C1=O. The quantitative estimate of drug-likeness (QED) is 0.421. The van der Waals surface area contributed by atoms with E-state index in [0.717, 1.165) is 33.4 Å². The second kappa shape index (κ2) is 7.43. The van der Waals surface area contributed by atoms with Crippen LogP contribution in [0.2, 0.25) is 0 Å². The normalized spacial score (nSPS) is 21.1. The van der Waals surface area contributed by atoms with Crippen molar-refractivity contribution in [2.75, 3.05) is 11.9 Å². The fraction of sp³-hybridized carbons (Fsp3) is 0.136. The van der Waals surface area contributed by atoms with Crippen LogP contribution in [0.4, 0.5) is 15.3 Å². The summed E-state index contributed by atoms with van der Waals surface area (Å²) in [5, 5.41) is 33.2. The number of benzene rings is 3. The summed E-state index contributed by atoms with van der Waals surface area (Å²) in [6, 6.07) is 14.9. The average Bonchev–Trinajstić information content (AvgIpc) is 2.75. The van der Waals surface area contributed by atoms with Gasteiger partial charge in [0, 0.05) is 18.5 Å². The lowest BCUT2D eigenvalue weighted by molar-refractivity contribution is -0.137. The highest BCUT2D eigenvalue weighted by Crippen LogP contribution is 2.40. The molecule has 10 heteroatoms. The van der Waals surface area contributed by atoms with Gasteiger partial charge in [0.1, 0.15) is 17.7 Å². The Labute approximate surface area is 182 Å². The minimum absolute atomic E-state index is 0.125. The second-order valence-electron chi connectivity index (χ2n) is 7.44. The van der Waals surface area contributed by atoms with Crippen LogP contribution >= 0.6 is 0 Å². The van der Waals surface area contributed by atoms with Gasteiger partial charge in [0.25, 0.3) is 5.91 Å². The maximum Gasteiger partial charge on any atom is 0.405 e. The van der Waals surface area contributed by atoms with E-state index in [1.807, 2.05) is 18.2 Å². The average molecular weight is 436 g/mol. The molecule has 0 radical (unpaired) electrons. The van der Waals surface area contributed by atoms with Crippen molar-refractivity contribution >= 4 is 34.5 Å². The fourth-order valence-electron chi connectivity index (χ4n) is 4.11. The van der Waals surface area contributed by atoms with E-state index in [2.05, 4.69) is 5.32 Å². The number of phenolic OH excluding ortho intramolecular Hbond substituents is 2. The molecular weight excluding hydrogens is 416 g/mol. The fourth-order valence-corrected chi connectivity index (χ4v) is 4.11. The van der Waals surface area contributed by atoms with E-state index in [4.69, 9.17) is 5.73 Å². The standard InChI is InChI=1S/C22H20N4O6/c1-25-19(29)22(24-20(30)31,13-9-14(27)11-15(28)10-13)18(23)26(21(25)32)17-8-4-6-12-5-2-3-7-16(12)17/h2-11,18,24,27-28H,23H2,1H3,(H,30,31). The number of nitrogens with two attached hydrogens (primary N) is 1. The number of hydrogen-bond acceptors (Lipinski definition) is 6. The van der Waals surface area contributed by atoms with Gasteiger partial charge >= 0.3 is 12.1 Å². The van der Waals surface area contributed by atoms with Crippen LogP contribution in [0.15, 0.2) is 60.7 Å². The Balaban J connectivity index is 2.01. The van der Waals surface area contributed by atoms with Crippen LogP contribution in [0, 0.1) is 0 Å². The molecule has 4 rings (SSSR count). The van der Waals surface area contributed by atoms with Crippen molar-refractivity contribution in [3.05, 3.63) is 66.2 Å². The number of nitrogens with one attached hydrogen (secondary N) is 1. The molecule has 2 atom stereocenters. The van der Waals surface area contributed by atoms with Crippen molar-refractivity contribution in [3.63, 3.8) is 0 Å². The molecule has 3 aromatic rings. The predicted molar refractivity (Wildman–Crippen MR) is 115 cm³/mol. The summed E-state index contributed by atoms with van der Waals surface area (Å²) in [6.45, 7) is 0. The lowest BCUT2D eigenvalue weighted by Crippen LogP contribution is -2.76. The van der Waals surface area contributed by atoms with E-state index in [0.29, 0.717) is 11.1 Å². The van der Waals surface area contributed by atoms with Gasteiger partial charge in [0.05, 0.1) is 5.69 Å². The number of fused-ring (bicyclic) bond motifs is 1. The minimum Gasteiger partial charge on any atom is -0.508 e. The molecule has 0 aromatic heterocycles. The maximum absolute atomic E-state index is 13.4. The zero-order valence-corrected chi connectivity index (χ0v) is 16.9. The number of aromatic hydroxyl groups is 2. The van der Waals surface area contributed by atoms with Crippen LogP contribution in [-0.2, 0) is 10.3 Å². The monoisotopic (exact) mass is 436 g/mol. The zero-order chi connectivity index (χ0) is 23.2. The van der Waals surface area contributed by atoms with Crippen LogP contribution in [0.25, 0.3) is 10.8 Å². The van der Waals surface area contributed by atoms with Gasteiger partial charge in [-0.15, -0.1) is 0 Å². The zero-order valence-electron chi connectivity index (χ0n) is 16.9. The summed E-state index contributed by atoms with van der Waals surface area (Å²) in [5.41, 5.74) is 4.49. The molecule has 4 amide bonds. The van der Waals surface area contributed by atoms with Crippen LogP contribution in [0.1, 0.15) is 5.56 Å². The maximum atomic E-state index is 13.4. The van der Waals surface area contributed by atoms with Crippen LogP contribution in [-0.4, -0.2) is 51.5 Å². The molecule has 0 aliphatic carbocycles. The van der Waals surface area contributed by atoms with Crippen LogP contribution < -0.4 is 16.0 Å². The summed E-state index contributed by atoms with van der Waals surface area (Å²) < 4.78 is 0. The van der Waals surface area contributed by atoms with Gasteiger partial charge in [0.2, 0.25) is 0 Å². The van der Waals surface area contributed by atoms with Crippen molar-refractivity contribution in [2.45, 2.75) is 11.7 Å². The molecule has 10 nitrogen and oxygen atoms in total. The van der Waals surface area contributed by atoms with Crippen LogP contribution in [0.3, 0.4) is 0 Å². The number of nitrogens with zero attached hydrogens (tertiary/aromatic N) is 2. The Morgan fingerprint density at radius 3 is 2.31 bits per heavy atom. The third kappa shape index (κ3) is 3.05. The molecule has 6 N–H and O–H groups in total. The number of carboxylic acid groups (broad SMARTS) is 1. The van der Waals surface area contributed by atoms with Gasteiger partial charge in [-0.3, -0.25) is 14.6 Å². The molecule has 1 heterocycles. The predicted octanol–water partition coefficient (Wildman–Crippen LogP) is 2.10. The molecule has 1 fully saturated rings. The molecule has 32 heavy (non-hydrogen) atoms. The van der Waals surface area contributed by atoms with Crippen molar-refractivity contribution in [1.29, 1.82) is 0 Å². The smallest absolute Gasteiger partial charge is 0.405 e. The molecule has 1 saturated heterocycles. The van der Waals surface area contributed by atoms with Gasteiger partial charge < -0.3 is 26.4 Å². The van der Waals surface area contributed by atoms with Crippen LogP contribution in [0.5, 0.6) is 11.5 Å². The summed E-state index contributed by atoms with van der Waals surface area (Å²) >= 11 is 0. The molecule has 0 bridgehead atoms. The minimum atomic E-state index is -2.22. The highest BCUT2D eigenvalue weighted by Gasteiger charge is 2.58. The number of urea groups is 1. The largest absolute Gasteiger partial charge is 0.508 e. The van der Waals surface area contributed by atoms with Crippen molar-refractivity contribution in [2.24, 2.45) is 5.73 Å². The van der Waals surface area contributed by atoms with Crippen molar-refractivity contribution in [1.82, 2.24) is 10.2 Å². The first-order valence-corrected chi connectivity index (χ1v) is 9.56. The molecule has 3 aromatic carbocycles. The van der Waals surface area contributed by atoms with Gasteiger partial charge in [-0.1, -0.05) is 36.4 Å². The number of phenols is 2. The number of rotatable bonds is 3. The molecule has 1 aliphatic heterocycles. The molecule has 0 spiro atoms. The number of anilines is 1. The van der Waals surface area contributed by atoms with Gasteiger partial charge in [0.15, 0.2) is 5.54 Å². The van der Waals surface area contributed by atoms with E-state index in [-0.39, 0.29) is 5.56 Å². The number of likely N-dealkylation sites (N-methyl/N-ethyl adjacent to an activating group) is 1. The lowest BCUT2D eigenvalue weighted by Gasteiger charge is -2.49. The summed E-state index contributed by atoms with van der Waals surface area (Å²) in [7, 11) is 1.20. The Hall–Kier alpha value is -4.31. The number of amides is 4. The van der Waals surface area contributed by atoms with Gasteiger partial charge in [-0.25, -0.2) is 9.59 Å². The van der Waals surface area contributed by atoms with E-state index in [1.165, 1.54) is 7.05 Å². The van der Waals surface area contributed by atoms with E-state index in [1.54, 1.807) is 24.3 Å². The molecule has 1 aliphatic rings. The third-order valence-electron chi connectivity index (χ3n) is 5.54. The van der Waals surface area contributed by atoms with Gasteiger partial charge in [-0.2, -0.15) is 0 Å². The molecule has 0 saturated carbocycles. The summed E-state index contributed by atoms with van der Waals surface area (Å²) in [4.78, 5) is 40.2. The van der Waals surface area contributed by atoms with Crippen molar-refractivity contribution in [3.8, 4) is 11.5 Å². The Kier molecular flexibility index (Phi) is 4.86.